The minimum absolute atomic E-state index is 0.0418. The second kappa shape index (κ2) is 12.5. The third kappa shape index (κ3) is 6.42. The predicted molar refractivity (Wildman–Crippen MR) is 146 cm³/mol. The highest BCUT2D eigenvalue weighted by Crippen LogP contribution is 2.38. The topological polar surface area (TPSA) is 104 Å². The van der Waals surface area contributed by atoms with Crippen molar-refractivity contribution in [1.82, 2.24) is 9.88 Å². The van der Waals surface area contributed by atoms with Crippen LogP contribution in [0.3, 0.4) is 0 Å². The number of esters is 1. The van der Waals surface area contributed by atoms with Gasteiger partial charge in [0.15, 0.2) is 11.5 Å². The van der Waals surface area contributed by atoms with E-state index >= 15 is 0 Å². The fourth-order valence-electron chi connectivity index (χ4n) is 4.51. The molecular formula is C29H24Cl2F2N2O7. The lowest BCUT2D eigenvalue weighted by Gasteiger charge is -2.22. The average Bonchev–Trinajstić information content (AvgIpc) is 3.76. The van der Waals surface area contributed by atoms with Gasteiger partial charge in [0.2, 0.25) is 0 Å². The number of imide groups is 1. The fraction of sp³-hybridized carbons (Fsp3) is 0.310. The third-order valence-electron chi connectivity index (χ3n) is 6.81. The number of nitrogens with zero attached hydrogens (tertiary/aromatic N) is 2. The van der Waals surface area contributed by atoms with Crippen molar-refractivity contribution >= 4 is 41.0 Å². The zero-order chi connectivity index (χ0) is 30.0. The van der Waals surface area contributed by atoms with Crippen LogP contribution < -0.4 is 14.2 Å². The number of hydrogen-bond donors (Lipinski definition) is 0. The Bertz CT molecular complexity index is 1510. The second-order valence-corrected chi connectivity index (χ2v) is 10.5. The molecule has 0 spiro atoms. The number of benzene rings is 2. The predicted octanol–water partition coefficient (Wildman–Crippen LogP) is 5.91. The maximum atomic E-state index is 13.2. The summed E-state index contributed by atoms with van der Waals surface area (Å²) in [5.41, 5.74) is 0.914. The molecule has 0 N–H and O–H groups in total. The molecule has 2 heterocycles. The number of alkyl halides is 2. The number of fused-ring (bicyclic) bond motifs is 1. The van der Waals surface area contributed by atoms with Crippen molar-refractivity contribution < 1.29 is 42.1 Å². The molecule has 2 amide bonds. The Balaban J connectivity index is 1.43. The largest absolute Gasteiger partial charge is 0.496 e. The van der Waals surface area contributed by atoms with Gasteiger partial charge in [0.05, 0.1) is 34.9 Å². The summed E-state index contributed by atoms with van der Waals surface area (Å²) in [7, 11) is 1.37. The molecule has 1 aromatic heterocycles. The summed E-state index contributed by atoms with van der Waals surface area (Å²) < 4.78 is 47.5. The lowest BCUT2D eigenvalue weighted by atomic mass is 10.0. The van der Waals surface area contributed by atoms with Crippen LogP contribution in [0.4, 0.5) is 8.78 Å². The number of hydrogen-bond acceptors (Lipinski definition) is 8. The SMILES string of the molecule is COc1cccc2c1C(=O)N(CC(=O)O[C@@H](Cc1c(Cl)cncc1Cl)c1ccc(OC(F)F)c(OCC3CC3)c1)C2=O. The van der Waals surface area contributed by atoms with Crippen LogP contribution in [-0.2, 0) is 16.0 Å². The van der Waals surface area contributed by atoms with Crippen molar-refractivity contribution in [2.45, 2.75) is 32.0 Å². The Hall–Kier alpha value is -3.96. The molecule has 9 nitrogen and oxygen atoms in total. The van der Waals surface area contributed by atoms with Crippen LogP contribution >= 0.6 is 23.2 Å². The van der Waals surface area contributed by atoms with E-state index in [9.17, 15) is 23.2 Å². The van der Waals surface area contributed by atoms with E-state index in [2.05, 4.69) is 9.72 Å². The second-order valence-electron chi connectivity index (χ2n) is 9.68. The van der Waals surface area contributed by atoms with Crippen molar-refractivity contribution in [2.75, 3.05) is 20.3 Å². The molecule has 2 aromatic carbocycles. The molecule has 0 unspecified atom stereocenters. The van der Waals surface area contributed by atoms with Crippen LogP contribution in [0.5, 0.6) is 17.2 Å². The summed E-state index contributed by atoms with van der Waals surface area (Å²) >= 11 is 12.7. The number of carbonyl (C=O) groups excluding carboxylic acids is 3. The third-order valence-corrected chi connectivity index (χ3v) is 7.46. The maximum absolute atomic E-state index is 13.2. The van der Waals surface area contributed by atoms with Crippen LogP contribution in [0.25, 0.3) is 0 Å². The lowest BCUT2D eigenvalue weighted by molar-refractivity contribution is -0.149. The maximum Gasteiger partial charge on any atom is 0.387 e. The van der Waals surface area contributed by atoms with Gasteiger partial charge in [-0.2, -0.15) is 8.78 Å². The molecule has 5 rings (SSSR count). The highest BCUT2D eigenvalue weighted by Gasteiger charge is 2.39. The van der Waals surface area contributed by atoms with Gasteiger partial charge >= 0.3 is 12.6 Å². The van der Waals surface area contributed by atoms with Crippen LogP contribution in [0.15, 0.2) is 48.8 Å². The number of carbonyl (C=O) groups is 3. The Morgan fingerprint density at radius 3 is 2.45 bits per heavy atom. The minimum Gasteiger partial charge on any atom is -0.496 e. The van der Waals surface area contributed by atoms with E-state index in [4.69, 9.17) is 37.4 Å². The molecule has 0 radical (unpaired) electrons. The number of halogens is 4. The van der Waals surface area contributed by atoms with E-state index in [1.54, 1.807) is 6.07 Å². The van der Waals surface area contributed by atoms with Gasteiger partial charge in [0.25, 0.3) is 11.8 Å². The smallest absolute Gasteiger partial charge is 0.387 e. The number of pyridine rings is 1. The van der Waals surface area contributed by atoms with Gasteiger partial charge < -0.3 is 18.9 Å². The first-order valence-corrected chi connectivity index (χ1v) is 13.6. The number of aromatic nitrogens is 1. The standard InChI is InChI=1S/C29H24Cl2F2N2O7/c1-39-22-4-2-3-17-26(22)28(38)35(27(17)37)13-25(36)41-23(10-18-19(30)11-34-12-20(18)31)16-7-8-21(42-29(32)33)24(9-16)40-14-15-5-6-15/h2-4,7-9,11-12,15,23,29H,5-6,10,13-14H2,1H3/t23-/m0/s1. The van der Waals surface area contributed by atoms with Gasteiger partial charge in [-0.3, -0.25) is 24.3 Å². The Labute approximate surface area is 249 Å². The molecule has 1 fully saturated rings. The highest BCUT2D eigenvalue weighted by atomic mass is 35.5. The van der Waals surface area contributed by atoms with Crippen LogP contribution in [0.1, 0.15) is 50.8 Å². The fourth-order valence-corrected chi connectivity index (χ4v) is 5.03. The molecule has 1 aliphatic heterocycles. The molecule has 1 aliphatic carbocycles. The van der Waals surface area contributed by atoms with E-state index < -0.39 is 37.0 Å². The quantitative estimate of drug-likeness (QED) is 0.182. The zero-order valence-electron chi connectivity index (χ0n) is 22.2. The van der Waals surface area contributed by atoms with Gasteiger partial charge in [-0.05, 0) is 54.2 Å². The van der Waals surface area contributed by atoms with E-state index in [0.717, 1.165) is 17.7 Å². The van der Waals surface area contributed by atoms with Crippen molar-refractivity contribution in [3.8, 4) is 17.2 Å². The first kappa shape index (κ1) is 29.5. The van der Waals surface area contributed by atoms with Gasteiger partial charge in [0.1, 0.15) is 18.4 Å². The summed E-state index contributed by atoms with van der Waals surface area (Å²) in [6.45, 7) is -3.47. The van der Waals surface area contributed by atoms with Crippen LogP contribution in [-0.4, -0.2) is 54.5 Å². The number of amides is 2. The van der Waals surface area contributed by atoms with E-state index in [0.29, 0.717) is 23.7 Å². The first-order valence-electron chi connectivity index (χ1n) is 12.9. The number of methoxy groups -OCH3 is 1. The highest BCUT2D eigenvalue weighted by molar-refractivity contribution is 6.35. The Morgan fingerprint density at radius 2 is 1.79 bits per heavy atom. The van der Waals surface area contributed by atoms with Gasteiger partial charge in [-0.1, -0.05) is 35.3 Å². The van der Waals surface area contributed by atoms with Crippen molar-refractivity contribution in [2.24, 2.45) is 5.92 Å². The molecule has 0 bridgehead atoms. The summed E-state index contributed by atoms with van der Waals surface area (Å²) in [5, 5.41) is 0.415. The molecule has 42 heavy (non-hydrogen) atoms. The number of ether oxygens (including phenoxy) is 4. The van der Waals surface area contributed by atoms with Gasteiger partial charge in [0, 0.05) is 18.8 Å². The minimum atomic E-state index is -3.08. The molecular weight excluding hydrogens is 597 g/mol. The van der Waals surface area contributed by atoms with E-state index in [1.165, 1.54) is 49.8 Å². The molecule has 1 saturated carbocycles. The summed E-state index contributed by atoms with van der Waals surface area (Å²) in [4.78, 5) is 43.9. The monoisotopic (exact) mass is 620 g/mol. The van der Waals surface area contributed by atoms with Crippen LogP contribution in [0.2, 0.25) is 10.0 Å². The van der Waals surface area contributed by atoms with E-state index in [-0.39, 0.29) is 44.8 Å². The molecule has 1 atom stereocenters. The lowest BCUT2D eigenvalue weighted by Crippen LogP contribution is -2.36. The summed E-state index contributed by atoms with van der Waals surface area (Å²) in [6.07, 6.45) is 3.55. The first-order chi connectivity index (χ1) is 20.2. The summed E-state index contributed by atoms with van der Waals surface area (Å²) in [5.74, 6) is -1.92. The molecule has 0 saturated heterocycles. The van der Waals surface area contributed by atoms with Crippen LogP contribution in [0, 0.1) is 5.92 Å². The molecule has 220 valence electrons. The number of rotatable bonds is 12. The summed E-state index contributed by atoms with van der Waals surface area (Å²) in [6, 6.07) is 8.73. The van der Waals surface area contributed by atoms with Crippen molar-refractivity contribution in [1.29, 1.82) is 0 Å². The van der Waals surface area contributed by atoms with Crippen molar-refractivity contribution in [3.05, 3.63) is 81.1 Å². The average molecular weight is 621 g/mol. The Morgan fingerprint density at radius 1 is 1.05 bits per heavy atom. The molecule has 3 aromatic rings. The zero-order valence-corrected chi connectivity index (χ0v) is 23.7. The molecule has 2 aliphatic rings. The molecule has 13 heteroatoms. The van der Waals surface area contributed by atoms with Crippen molar-refractivity contribution in [3.63, 3.8) is 0 Å². The normalized spacial score (nSPS) is 15.0. The Kier molecular flexibility index (Phi) is 8.79. The van der Waals surface area contributed by atoms with E-state index in [1.807, 2.05) is 0 Å². The van der Waals surface area contributed by atoms with Gasteiger partial charge in [-0.25, -0.2) is 0 Å². The van der Waals surface area contributed by atoms with Gasteiger partial charge in [-0.15, -0.1) is 0 Å².